The lowest BCUT2D eigenvalue weighted by atomic mass is 9.88. The maximum atomic E-state index is 6.22. The monoisotopic (exact) mass is 257 g/mol. The van der Waals surface area contributed by atoms with Crippen molar-refractivity contribution >= 4 is 23.2 Å². The maximum Gasteiger partial charge on any atom is 0.0721 e. The van der Waals surface area contributed by atoms with Crippen molar-refractivity contribution in [3.63, 3.8) is 0 Å². The van der Waals surface area contributed by atoms with E-state index in [-0.39, 0.29) is 10.8 Å². The zero-order valence-electron chi connectivity index (χ0n) is 9.42. The fraction of sp³-hybridized carbons (Fsp3) is 0.692. The first-order chi connectivity index (χ1) is 7.65. The number of rotatable bonds is 2. The van der Waals surface area contributed by atoms with Gasteiger partial charge in [-0.05, 0) is 43.2 Å². The standard InChI is InChI=1S/C13H17Cl2N/c1-16-10-4-9-6-13(9,7-10)8-2-3-11(14)12(15)5-8/h2-3,5,9-12,16H,4,6-7H2,1H3. The summed E-state index contributed by atoms with van der Waals surface area (Å²) in [5.74, 6) is 0.872. The van der Waals surface area contributed by atoms with Gasteiger partial charge in [0, 0.05) is 6.04 Å². The first-order valence-corrected chi connectivity index (χ1v) is 6.89. The summed E-state index contributed by atoms with van der Waals surface area (Å²) in [4.78, 5) is 0. The number of hydrogen-bond donors (Lipinski definition) is 1. The Bertz CT molecular complexity index is 363. The highest BCUT2D eigenvalue weighted by molar-refractivity contribution is 6.31. The summed E-state index contributed by atoms with van der Waals surface area (Å²) in [5.41, 5.74) is 1.88. The summed E-state index contributed by atoms with van der Waals surface area (Å²) in [7, 11) is 2.06. The Hall–Kier alpha value is 0.0200. The van der Waals surface area contributed by atoms with Gasteiger partial charge >= 0.3 is 0 Å². The molecule has 0 aromatic carbocycles. The molecule has 0 aromatic heterocycles. The topological polar surface area (TPSA) is 12.0 Å². The molecule has 2 fully saturated rings. The van der Waals surface area contributed by atoms with Gasteiger partial charge in [0.25, 0.3) is 0 Å². The molecule has 0 radical (unpaired) electrons. The molecule has 3 heteroatoms. The summed E-state index contributed by atoms with van der Waals surface area (Å²) in [6, 6.07) is 0.690. The van der Waals surface area contributed by atoms with Crippen LogP contribution >= 0.6 is 23.2 Å². The molecular weight excluding hydrogens is 241 g/mol. The maximum absolute atomic E-state index is 6.22. The van der Waals surface area contributed by atoms with Crippen molar-refractivity contribution < 1.29 is 0 Å². The third-order valence-electron chi connectivity index (χ3n) is 4.50. The van der Waals surface area contributed by atoms with Crippen molar-refractivity contribution in [3.05, 3.63) is 23.8 Å². The predicted octanol–water partition coefficient (Wildman–Crippen LogP) is 3.09. The van der Waals surface area contributed by atoms with Crippen LogP contribution in [0.3, 0.4) is 0 Å². The molecule has 0 saturated heterocycles. The minimum absolute atomic E-state index is 0.0362. The molecule has 1 nitrogen and oxygen atoms in total. The zero-order valence-corrected chi connectivity index (χ0v) is 10.9. The molecule has 88 valence electrons. The highest BCUT2D eigenvalue weighted by Gasteiger charge is 2.61. The van der Waals surface area contributed by atoms with Crippen LogP contribution in [0.1, 0.15) is 19.3 Å². The number of nitrogens with one attached hydrogen (secondary N) is 1. The molecule has 0 heterocycles. The number of hydrogen-bond acceptors (Lipinski definition) is 1. The van der Waals surface area contributed by atoms with Gasteiger partial charge in [-0.15, -0.1) is 23.2 Å². The summed E-state index contributed by atoms with van der Waals surface area (Å²) >= 11 is 12.3. The average molecular weight is 258 g/mol. The first-order valence-electron chi connectivity index (χ1n) is 6.01. The van der Waals surface area contributed by atoms with Gasteiger partial charge in [-0.2, -0.15) is 0 Å². The molecule has 0 aromatic rings. The Morgan fingerprint density at radius 2 is 2.12 bits per heavy atom. The van der Waals surface area contributed by atoms with E-state index in [0.717, 1.165) is 5.92 Å². The summed E-state index contributed by atoms with van der Waals surface area (Å²) < 4.78 is 0. The third kappa shape index (κ3) is 1.56. The second-order valence-corrected chi connectivity index (χ2v) is 6.36. The Morgan fingerprint density at radius 3 is 2.75 bits per heavy atom. The molecule has 0 aliphatic heterocycles. The number of alkyl halides is 2. The van der Waals surface area contributed by atoms with E-state index in [0.29, 0.717) is 11.5 Å². The molecule has 5 unspecified atom stereocenters. The smallest absolute Gasteiger partial charge is 0.0721 e. The van der Waals surface area contributed by atoms with Gasteiger partial charge in [-0.3, -0.25) is 0 Å². The molecule has 1 N–H and O–H groups in total. The lowest BCUT2D eigenvalue weighted by molar-refractivity contribution is 0.486. The van der Waals surface area contributed by atoms with Gasteiger partial charge in [-0.25, -0.2) is 0 Å². The van der Waals surface area contributed by atoms with E-state index >= 15 is 0 Å². The quantitative estimate of drug-likeness (QED) is 0.750. The first kappa shape index (κ1) is 11.1. The van der Waals surface area contributed by atoms with Crippen LogP contribution in [0.15, 0.2) is 23.8 Å². The van der Waals surface area contributed by atoms with Gasteiger partial charge in [-0.1, -0.05) is 18.2 Å². The van der Waals surface area contributed by atoms with E-state index in [9.17, 15) is 0 Å². The van der Waals surface area contributed by atoms with Crippen LogP contribution in [0.25, 0.3) is 0 Å². The summed E-state index contributed by atoms with van der Waals surface area (Å²) in [6.45, 7) is 0. The highest BCUT2D eigenvalue weighted by atomic mass is 35.5. The molecule has 0 bridgehead atoms. The molecule has 3 rings (SSSR count). The molecule has 0 spiro atoms. The van der Waals surface area contributed by atoms with E-state index in [2.05, 4.69) is 24.5 Å². The predicted molar refractivity (Wildman–Crippen MR) is 69.1 cm³/mol. The van der Waals surface area contributed by atoms with Crippen LogP contribution in [-0.2, 0) is 0 Å². The third-order valence-corrected chi connectivity index (χ3v) is 5.44. The van der Waals surface area contributed by atoms with Gasteiger partial charge in [0.1, 0.15) is 0 Å². The van der Waals surface area contributed by atoms with Crippen LogP contribution in [0.2, 0.25) is 0 Å². The Morgan fingerprint density at radius 1 is 1.31 bits per heavy atom. The summed E-state index contributed by atoms with van der Waals surface area (Å²) in [5, 5.41) is 3.32. The molecule has 3 aliphatic rings. The van der Waals surface area contributed by atoms with E-state index < -0.39 is 0 Å². The lowest BCUT2D eigenvalue weighted by Gasteiger charge is -2.23. The van der Waals surface area contributed by atoms with Crippen molar-refractivity contribution in [2.24, 2.45) is 11.3 Å². The second kappa shape index (κ2) is 3.76. The van der Waals surface area contributed by atoms with Gasteiger partial charge in [0.15, 0.2) is 0 Å². The minimum atomic E-state index is -0.0412. The molecular formula is C13H17Cl2N. The van der Waals surface area contributed by atoms with Crippen molar-refractivity contribution in [2.75, 3.05) is 7.05 Å². The van der Waals surface area contributed by atoms with Gasteiger partial charge in [0.2, 0.25) is 0 Å². The molecule has 16 heavy (non-hydrogen) atoms. The van der Waals surface area contributed by atoms with Crippen LogP contribution in [0.4, 0.5) is 0 Å². The van der Waals surface area contributed by atoms with Crippen molar-refractivity contribution in [1.82, 2.24) is 5.32 Å². The lowest BCUT2D eigenvalue weighted by Crippen LogP contribution is -2.25. The number of allylic oxidation sites excluding steroid dienone is 4. The van der Waals surface area contributed by atoms with E-state index in [1.54, 1.807) is 0 Å². The Kier molecular flexibility index (Phi) is 2.62. The van der Waals surface area contributed by atoms with E-state index in [4.69, 9.17) is 23.2 Å². The normalized spacial score (nSPS) is 50.1. The van der Waals surface area contributed by atoms with Gasteiger partial charge in [0.05, 0.1) is 10.8 Å². The Labute approximate surface area is 107 Å². The van der Waals surface area contributed by atoms with Gasteiger partial charge < -0.3 is 5.32 Å². The highest BCUT2D eigenvalue weighted by Crippen LogP contribution is 2.68. The van der Waals surface area contributed by atoms with Crippen LogP contribution in [0.5, 0.6) is 0 Å². The van der Waals surface area contributed by atoms with E-state index in [1.165, 1.54) is 24.8 Å². The fourth-order valence-electron chi connectivity index (χ4n) is 3.45. The van der Waals surface area contributed by atoms with Crippen LogP contribution in [0, 0.1) is 11.3 Å². The zero-order chi connectivity index (χ0) is 11.3. The molecule has 5 atom stereocenters. The van der Waals surface area contributed by atoms with Crippen LogP contribution < -0.4 is 5.32 Å². The van der Waals surface area contributed by atoms with Crippen molar-refractivity contribution in [2.45, 2.75) is 36.1 Å². The van der Waals surface area contributed by atoms with Crippen molar-refractivity contribution in [3.8, 4) is 0 Å². The molecule has 2 saturated carbocycles. The molecule has 0 amide bonds. The van der Waals surface area contributed by atoms with Crippen LogP contribution in [-0.4, -0.2) is 23.8 Å². The summed E-state index contributed by atoms with van der Waals surface area (Å²) in [6.07, 6.45) is 10.4. The molecule has 3 aliphatic carbocycles. The average Bonchev–Trinajstić information content (AvgIpc) is 2.86. The number of fused-ring (bicyclic) bond motifs is 1. The largest absolute Gasteiger partial charge is 0.317 e. The minimum Gasteiger partial charge on any atom is -0.317 e. The number of halogens is 2. The van der Waals surface area contributed by atoms with Crippen molar-refractivity contribution in [1.29, 1.82) is 0 Å². The fourth-order valence-corrected chi connectivity index (χ4v) is 3.82. The second-order valence-electron chi connectivity index (χ2n) is 5.35. The SMILES string of the molecule is CNC1CC2CC2(C2=CC(Cl)C(Cl)C=C2)C1. The Balaban J connectivity index is 1.80. The van der Waals surface area contributed by atoms with E-state index in [1.807, 2.05) is 6.08 Å².